The van der Waals surface area contributed by atoms with Crippen LogP contribution in [0, 0.1) is 0 Å². The number of halogens is 4. The molecule has 0 saturated heterocycles. The fraction of sp³-hybridized carbons (Fsp3) is 0.455. The molecule has 3 N–H and O–H groups in total. The lowest BCUT2D eigenvalue weighted by atomic mass is 10.0. The first-order chi connectivity index (χ1) is 16.7. The largest absolute Gasteiger partial charge is 0.491 e. The van der Waals surface area contributed by atoms with Gasteiger partial charge >= 0.3 is 5.79 Å². The van der Waals surface area contributed by atoms with E-state index < -0.39 is 23.9 Å². The van der Waals surface area contributed by atoms with Gasteiger partial charge in [0.15, 0.2) is 11.8 Å². The third-order valence-corrected chi connectivity index (χ3v) is 7.59. The van der Waals surface area contributed by atoms with E-state index in [1.54, 1.807) is 0 Å². The lowest BCUT2D eigenvalue weighted by molar-refractivity contribution is -0.192. The van der Waals surface area contributed by atoms with E-state index in [4.69, 9.17) is 19.0 Å². The first-order valence-electron chi connectivity index (χ1n) is 10.6. The number of likely N-dealkylation sites (N-methyl/N-ethyl adjacent to an activating group) is 1. The van der Waals surface area contributed by atoms with Crippen LogP contribution in [0.15, 0.2) is 47.5 Å². The number of hydrogen-bond acceptors (Lipinski definition) is 8. The van der Waals surface area contributed by atoms with Crippen molar-refractivity contribution in [2.75, 3.05) is 33.9 Å². The smallest absolute Gasteiger partial charge is 0.327 e. The third-order valence-electron chi connectivity index (χ3n) is 5.17. The Morgan fingerprint density at radius 1 is 1.20 bits per heavy atom. The molecule has 2 heterocycles. The van der Waals surface area contributed by atoms with Crippen LogP contribution in [-0.4, -0.2) is 68.6 Å². The molecule has 0 radical (unpaired) electrons. The van der Waals surface area contributed by atoms with Gasteiger partial charge in [-0.1, -0.05) is 21.1 Å². The predicted molar refractivity (Wildman–Crippen MR) is 146 cm³/mol. The Labute approximate surface area is 237 Å². The summed E-state index contributed by atoms with van der Waals surface area (Å²) in [6.45, 7) is 1.57. The van der Waals surface area contributed by atoms with E-state index >= 15 is 0 Å². The van der Waals surface area contributed by atoms with E-state index in [9.17, 15) is 9.90 Å². The fourth-order valence-corrected chi connectivity index (χ4v) is 6.44. The molecule has 13 heteroatoms. The van der Waals surface area contributed by atoms with Crippen molar-refractivity contribution >= 4 is 75.3 Å². The Balaban J connectivity index is 1.50. The Hall–Kier alpha value is -0.960. The van der Waals surface area contributed by atoms with E-state index in [0.717, 1.165) is 21.9 Å². The van der Waals surface area contributed by atoms with Crippen LogP contribution in [-0.2, 0) is 25.5 Å². The maximum atomic E-state index is 12.6. The number of rotatable bonds is 10. The van der Waals surface area contributed by atoms with Crippen molar-refractivity contribution in [3.8, 4) is 5.75 Å². The number of aliphatic hydroxyl groups is 1. The summed E-state index contributed by atoms with van der Waals surface area (Å²) >= 11 is 13.9. The van der Waals surface area contributed by atoms with Gasteiger partial charge in [0.2, 0.25) is 0 Å². The number of oxime groups is 1. The van der Waals surface area contributed by atoms with Gasteiger partial charge in [0.25, 0.3) is 5.91 Å². The van der Waals surface area contributed by atoms with E-state index in [1.165, 1.54) is 25.0 Å². The number of hydrogen-bond donors (Lipinski definition) is 3. The quantitative estimate of drug-likeness (QED) is 0.312. The van der Waals surface area contributed by atoms with Crippen LogP contribution in [0.1, 0.15) is 12.0 Å². The van der Waals surface area contributed by atoms with Gasteiger partial charge in [-0.05, 0) is 91.9 Å². The van der Waals surface area contributed by atoms with Crippen molar-refractivity contribution in [3.05, 3.63) is 47.9 Å². The van der Waals surface area contributed by atoms with Gasteiger partial charge in [-0.2, -0.15) is 0 Å². The van der Waals surface area contributed by atoms with Crippen molar-refractivity contribution in [1.82, 2.24) is 10.6 Å². The Kier molecular flexibility index (Phi) is 10.6. The highest BCUT2D eigenvalue weighted by molar-refractivity contribution is 9.12. The third kappa shape index (κ3) is 6.88. The summed E-state index contributed by atoms with van der Waals surface area (Å²) in [5.41, 5.74) is 0.985. The normalized spacial score (nSPS) is 23.6. The lowest BCUT2D eigenvalue weighted by Gasteiger charge is -2.25. The minimum Gasteiger partial charge on any atom is -0.491 e. The summed E-state index contributed by atoms with van der Waals surface area (Å²) in [6, 6.07) is 4.05. The monoisotopic (exact) mass is 743 g/mol. The SMILES string of the molecule is CNCCc1cc(Br)c(OCCCNC(=O)C2=NO[C@@]3(C=C(Br)C(OC)C(Br)=CO3)[C@H]2O)c(Br)c1. The molecule has 0 fully saturated rings. The molecular weight excluding hydrogens is 722 g/mol. The molecule has 2 aliphatic rings. The summed E-state index contributed by atoms with van der Waals surface area (Å²) in [5, 5.41) is 20.4. The fourth-order valence-electron chi connectivity index (χ4n) is 3.34. The second-order valence-corrected chi connectivity index (χ2v) is 11.2. The van der Waals surface area contributed by atoms with Crippen LogP contribution in [0.3, 0.4) is 0 Å². The second-order valence-electron chi connectivity index (χ2n) is 7.66. The predicted octanol–water partition coefficient (Wildman–Crippen LogP) is 3.86. The second kappa shape index (κ2) is 13.0. The Morgan fingerprint density at radius 3 is 2.57 bits per heavy atom. The van der Waals surface area contributed by atoms with E-state index in [2.05, 4.69) is 79.5 Å². The minimum atomic E-state index is -1.68. The molecule has 1 unspecified atom stereocenters. The first kappa shape index (κ1) is 28.6. The number of ether oxygens (including phenoxy) is 3. The summed E-state index contributed by atoms with van der Waals surface area (Å²) in [5.74, 6) is -1.54. The van der Waals surface area contributed by atoms with Gasteiger partial charge in [0, 0.05) is 24.2 Å². The van der Waals surface area contributed by atoms with Crippen molar-refractivity contribution in [2.45, 2.75) is 30.8 Å². The number of methoxy groups -OCH3 is 1. The molecular formula is C22H25Br4N3O6. The maximum Gasteiger partial charge on any atom is 0.327 e. The van der Waals surface area contributed by atoms with Gasteiger partial charge < -0.3 is 34.8 Å². The number of nitrogens with one attached hydrogen (secondary N) is 2. The molecule has 35 heavy (non-hydrogen) atoms. The molecule has 0 aromatic heterocycles. The topological polar surface area (TPSA) is 111 Å². The van der Waals surface area contributed by atoms with E-state index in [0.29, 0.717) is 34.3 Å². The molecule has 1 amide bonds. The number of carbonyl (C=O) groups is 1. The van der Waals surface area contributed by atoms with Gasteiger partial charge in [-0.15, -0.1) is 0 Å². The summed E-state index contributed by atoms with van der Waals surface area (Å²) in [4.78, 5) is 18.0. The van der Waals surface area contributed by atoms with Crippen LogP contribution in [0.25, 0.3) is 0 Å². The molecule has 3 atom stereocenters. The molecule has 1 aromatic rings. The minimum absolute atomic E-state index is 0.189. The van der Waals surface area contributed by atoms with E-state index in [1.807, 2.05) is 19.2 Å². The van der Waals surface area contributed by atoms with Gasteiger partial charge in [0.05, 0.1) is 20.0 Å². The van der Waals surface area contributed by atoms with Gasteiger partial charge in [-0.25, -0.2) is 0 Å². The van der Waals surface area contributed by atoms with E-state index in [-0.39, 0.29) is 5.71 Å². The van der Waals surface area contributed by atoms with Gasteiger partial charge in [0.1, 0.15) is 18.1 Å². The molecule has 1 aromatic carbocycles. The van der Waals surface area contributed by atoms with Crippen LogP contribution in [0.5, 0.6) is 5.75 Å². The molecule has 0 aliphatic carbocycles. The average Bonchev–Trinajstić information content (AvgIpc) is 3.06. The molecule has 3 rings (SSSR count). The van der Waals surface area contributed by atoms with Crippen molar-refractivity contribution in [3.63, 3.8) is 0 Å². The van der Waals surface area contributed by atoms with Crippen LogP contribution >= 0.6 is 63.7 Å². The number of amides is 1. The number of benzene rings is 1. The summed E-state index contributed by atoms with van der Waals surface area (Å²) < 4.78 is 19.7. The van der Waals surface area contributed by atoms with Crippen LogP contribution in [0.4, 0.5) is 0 Å². The number of aliphatic hydroxyl groups excluding tert-OH is 1. The zero-order valence-corrected chi connectivity index (χ0v) is 25.3. The highest BCUT2D eigenvalue weighted by Crippen LogP contribution is 2.38. The molecule has 9 nitrogen and oxygen atoms in total. The first-order valence-corrected chi connectivity index (χ1v) is 13.8. The molecule has 1 spiro atoms. The highest BCUT2D eigenvalue weighted by atomic mass is 79.9. The number of nitrogens with zero attached hydrogens (tertiary/aromatic N) is 1. The van der Waals surface area contributed by atoms with Crippen LogP contribution < -0.4 is 15.4 Å². The molecule has 0 saturated carbocycles. The standard InChI is InChI=1S/C22H25Br4N3O6/c1-27-6-4-12-8-13(23)19(14(24)9-12)33-7-3-5-28-21(31)17-20(30)22(35-29-17)10-15(25)18(32-2)16(26)11-34-22/h8-11,18,20,27,30H,3-7H2,1-2H3,(H,28,31)/t18?,20-,22-/m0/s1. The van der Waals surface area contributed by atoms with Crippen molar-refractivity contribution in [1.29, 1.82) is 0 Å². The van der Waals surface area contributed by atoms with Crippen molar-refractivity contribution < 1.29 is 28.9 Å². The van der Waals surface area contributed by atoms with Crippen LogP contribution in [0.2, 0.25) is 0 Å². The number of carbonyl (C=O) groups excluding carboxylic acids is 1. The highest BCUT2D eigenvalue weighted by Gasteiger charge is 2.52. The van der Waals surface area contributed by atoms with Gasteiger partial charge in [-0.3, -0.25) is 4.79 Å². The molecule has 192 valence electrons. The van der Waals surface area contributed by atoms with Crippen molar-refractivity contribution in [2.24, 2.45) is 5.16 Å². The zero-order valence-electron chi connectivity index (χ0n) is 18.9. The molecule has 0 bridgehead atoms. The Bertz CT molecular complexity index is 1010. The maximum absolute atomic E-state index is 12.6. The molecule has 2 aliphatic heterocycles. The Morgan fingerprint density at radius 2 is 1.91 bits per heavy atom. The zero-order chi connectivity index (χ0) is 25.6. The summed E-state index contributed by atoms with van der Waals surface area (Å²) in [6.07, 6.45) is 2.33. The summed E-state index contributed by atoms with van der Waals surface area (Å²) in [7, 11) is 3.44. The lowest BCUT2D eigenvalue weighted by Crippen LogP contribution is -2.48. The average molecular weight is 747 g/mol.